The predicted octanol–water partition coefficient (Wildman–Crippen LogP) is 4.32. The van der Waals surface area contributed by atoms with Gasteiger partial charge in [0, 0.05) is 11.3 Å². The average Bonchev–Trinajstić information content (AvgIpc) is 2.99. The van der Waals surface area contributed by atoms with Gasteiger partial charge in [0.25, 0.3) is 5.78 Å². The molecule has 0 saturated carbocycles. The first-order valence-corrected chi connectivity index (χ1v) is 9.34. The number of hydrogen-bond donors (Lipinski definition) is 1. The molecule has 5 nitrogen and oxygen atoms in total. The number of aliphatic hydroxyl groups excluding tert-OH is 1. The fourth-order valence-electron chi connectivity index (χ4n) is 3.55. The van der Waals surface area contributed by atoms with Crippen molar-refractivity contribution in [1.29, 1.82) is 0 Å². The largest absolute Gasteiger partial charge is 0.507 e. The number of ketones is 1. The summed E-state index contributed by atoms with van der Waals surface area (Å²) in [6.45, 7) is 3.79. The van der Waals surface area contributed by atoms with Crippen LogP contribution in [0.5, 0.6) is 0 Å². The Hall–Kier alpha value is -3.73. The first-order chi connectivity index (χ1) is 14.0. The van der Waals surface area contributed by atoms with Gasteiger partial charge in [-0.3, -0.25) is 14.5 Å². The summed E-state index contributed by atoms with van der Waals surface area (Å²) in [5.74, 6) is -1.24. The van der Waals surface area contributed by atoms with E-state index in [1.54, 1.807) is 36.4 Å². The third kappa shape index (κ3) is 3.31. The minimum Gasteiger partial charge on any atom is -0.507 e. The van der Waals surface area contributed by atoms with Crippen molar-refractivity contribution in [3.63, 3.8) is 0 Å². The molecule has 0 aliphatic carbocycles. The number of hydrogen-bond acceptors (Lipinski definition) is 4. The van der Waals surface area contributed by atoms with Gasteiger partial charge in [0.1, 0.15) is 11.6 Å². The lowest BCUT2D eigenvalue weighted by Crippen LogP contribution is -2.30. The average molecular weight is 384 g/mol. The zero-order chi connectivity index (χ0) is 20.5. The molecule has 1 aromatic heterocycles. The lowest BCUT2D eigenvalue weighted by Gasteiger charge is -2.24. The monoisotopic (exact) mass is 384 g/mol. The van der Waals surface area contributed by atoms with Gasteiger partial charge in [0.05, 0.1) is 11.6 Å². The van der Waals surface area contributed by atoms with Crippen molar-refractivity contribution in [1.82, 2.24) is 4.98 Å². The van der Waals surface area contributed by atoms with Crippen LogP contribution < -0.4 is 4.90 Å². The Labute approximate surface area is 169 Å². The fraction of sp³-hybridized carbons (Fsp3) is 0.125. The van der Waals surface area contributed by atoms with Gasteiger partial charge < -0.3 is 5.11 Å². The van der Waals surface area contributed by atoms with Crippen molar-refractivity contribution in [2.24, 2.45) is 0 Å². The maximum atomic E-state index is 13.0. The van der Waals surface area contributed by atoms with E-state index in [1.165, 1.54) is 4.90 Å². The number of aliphatic hydroxyl groups is 1. The van der Waals surface area contributed by atoms with Crippen molar-refractivity contribution in [2.45, 2.75) is 19.9 Å². The lowest BCUT2D eigenvalue weighted by molar-refractivity contribution is -0.132. The van der Waals surface area contributed by atoms with Gasteiger partial charge in [0.15, 0.2) is 0 Å². The van der Waals surface area contributed by atoms with Crippen molar-refractivity contribution in [2.75, 3.05) is 4.90 Å². The van der Waals surface area contributed by atoms with Gasteiger partial charge in [-0.1, -0.05) is 66.2 Å². The number of Topliss-reactive ketones (excluding diaryl/α,β-unsaturated/α-hetero) is 1. The Morgan fingerprint density at radius 3 is 2.24 bits per heavy atom. The van der Waals surface area contributed by atoms with Crippen LogP contribution in [0.1, 0.15) is 28.4 Å². The zero-order valence-electron chi connectivity index (χ0n) is 16.2. The first-order valence-electron chi connectivity index (χ1n) is 9.34. The SMILES string of the molecule is Cc1ccc([C@H]2/C(=C(\O)c3ccccc3)C(=O)C(=O)N2c2cccc(C)n2)cc1. The molecule has 1 aliphatic heterocycles. The summed E-state index contributed by atoms with van der Waals surface area (Å²) in [4.78, 5) is 31.8. The summed E-state index contributed by atoms with van der Waals surface area (Å²) in [5.41, 5.74) is 3.07. The van der Waals surface area contributed by atoms with E-state index in [9.17, 15) is 14.7 Å². The van der Waals surface area contributed by atoms with Crippen LogP contribution in [0.3, 0.4) is 0 Å². The standard InChI is InChI=1S/C24H20N2O3/c1-15-11-13-17(14-12-15)21-20(22(27)18-8-4-3-5-9-18)23(28)24(29)26(21)19-10-6-7-16(2)25-19/h3-14,21,27H,1-2H3/b22-20+/t21-/m0/s1. The van der Waals surface area contributed by atoms with Gasteiger partial charge in [-0.25, -0.2) is 4.98 Å². The minimum absolute atomic E-state index is 0.0633. The number of rotatable bonds is 3. The molecule has 1 fully saturated rings. The first kappa shape index (κ1) is 18.6. The summed E-state index contributed by atoms with van der Waals surface area (Å²) < 4.78 is 0. The second kappa shape index (κ2) is 7.36. The molecule has 1 N–H and O–H groups in total. The lowest BCUT2D eigenvalue weighted by atomic mass is 9.95. The normalized spacial score (nSPS) is 18.3. The number of pyridine rings is 1. The molecule has 3 aromatic rings. The molecule has 2 aromatic carbocycles. The van der Waals surface area contributed by atoms with Crippen molar-refractivity contribution >= 4 is 23.3 Å². The molecular formula is C24H20N2O3. The third-order valence-electron chi connectivity index (χ3n) is 5.01. The predicted molar refractivity (Wildman–Crippen MR) is 111 cm³/mol. The van der Waals surface area contributed by atoms with E-state index in [2.05, 4.69) is 4.98 Å². The molecule has 0 bridgehead atoms. The smallest absolute Gasteiger partial charge is 0.301 e. The van der Waals surface area contributed by atoms with Crippen LogP contribution >= 0.6 is 0 Å². The summed E-state index contributed by atoms with van der Waals surface area (Å²) in [7, 11) is 0. The minimum atomic E-state index is -0.759. The number of anilines is 1. The van der Waals surface area contributed by atoms with E-state index in [4.69, 9.17) is 0 Å². The van der Waals surface area contributed by atoms with Crippen LogP contribution in [0, 0.1) is 13.8 Å². The Morgan fingerprint density at radius 1 is 0.897 bits per heavy atom. The fourth-order valence-corrected chi connectivity index (χ4v) is 3.55. The van der Waals surface area contributed by atoms with E-state index in [0.29, 0.717) is 11.4 Å². The van der Waals surface area contributed by atoms with Crippen LogP contribution in [0.15, 0.2) is 78.4 Å². The number of amides is 1. The molecule has 0 spiro atoms. The van der Waals surface area contributed by atoms with Crippen LogP contribution in [0.4, 0.5) is 5.82 Å². The highest BCUT2D eigenvalue weighted by Gasteiger charge is 2.47. The molecule has 0 radical (unpaired) electrons. The quantitative estimate of drug-likeness (QED) is 0.415. The van der Waals surface area contributed by atoms with E-state index in [0.717, 1.165) is 16.8 Å². The van der Waals surface area contributed by atoms with Crippen LogP contribution in [0.25, 0.3) is 5.76 Å². The highest BCUT2D eigenvalue weighted by atomic mass is 16.3. The molecule has 1 amide bonds. The Balaban J connectivity index is 1.96. The van der Waals surface area contributed by atoms with Crippen LogP contribution in [-0.4, -0.2) is 21.8 Å². The van der Waals surface area contributed by atoms with E-state index in [1.807, 2.05) is 50.2 Å². The molecule has 1 saturated heterocycles. The van der Waals surface area contributed by atoms with E-state index < -0.39 is 17.7 Å². The van der Waals surface area contributed by atoms with Gasteiger partial charge in [-0.15, -0.1) is 0 Å². The molecule has 144 valence electrons. The molecule has 1 aliphatic rings. The Morgan fingerprint density at radius 2 is 1.59 bits per heavy atom. The second-order valence-corrected chi connectivity index (χ2v) is 7.08. The molecule has 4 rings (SSSR count). The summed E-state index contributed by atoms with van der Waals surface area (Å²) in [6.07, 6.45) is 0. The number of aromatic nitrogens is 1. The van der Waals surface area contributed by atoms with Gasteiger partial charge in [0.2, 0.25) is 0 Å². The van der Waals surface area contributed by atoms with E-state index >= 15 is 0 Å². The highest BCUT2D eigenvalue weighted by molar-refractivity contribution is 6.51. The Kier molecular flexibility index (Phi) is 4.72. The Bertz CT molecular complexity index is 1120. The third-order valence-corrected chi connectivity index (χ3v) is 5.01. The maximum absolute atomic E-state index is 13.0. The summed E-state index contributed by atoms with van der Waals surface area (Å²) in [5, 5.41) is 11.0. The van der Waals surface area contributed by atoms with Crippen LogP contribution in [0.2, 0.25) is 0 Å². The second-order valence-electron chi connectivity index (χ2n) is 7.08. The number of carbonyl (C=O) groups excluding carboxylic acids is 2. The molecule has 1 atom stereocenters. The van der Waals surface area contributed by atoms with Crippen LogP contribution in [-0.2, 0) is 9.59 Å². The maximum Gasteiger partial charge on any atom is 0.301 e. The number of carbonyl (C=O) groups is 2. The van der Waals surface area contributed by atoms with Crippen molar-refractivity contribution < 1.29 is 14.7 Å². The molecule has 29 heavy (non-hydrogen) atoms. The van der Waals surface area contributed by atoms with Crippen molar-refractivity contribution in [3.8, 4) is 0 Å². The molecular weight excluding hydrogens is 364 g/mol. The zero-order valence-corrected chi connectivity index (χ0v) is 16.2. The topological polar surface area (TPSA) is 70.5 Å². The van der Waals surface area contributed by atoms with Gasteiger partial charge in [-0.05, 0) is 31.5 Å². The number of benzene rings is 2. The molecule has 0 unspecified atom stereocenters. The number of nitrogens with zero attached hydrogens (tertiary/aromatic N) is 2. The van der Waals surface area contributed by atoms with Crippen molar-refractivity contribution in [3.05, 3.63) is 101 Å². The summed E-state index contributed by atoms with van der Waals surface area (Å²) in [6, 6.07) is 20.9. The summed E-state index contributed by atoms with van der Waals surface area (Å²) >= 11 is 0. The molecule has 5 heteroatoms. The van der Waals surface area contributed by atoms with Gasteiger partial charge in [-0.2, -0.15) is 0 Å². The van der Waals surface area contributed by atoms with Gasteiger partial charge >= 0.3 is 5.91 Å². The highest BCUT2D eigenvalue weighted by Crippen LogP contribution is 2.41. The van der Waals surface area contributed by atoms with E-state index in [-0.39, 0.29) is 11.3 Å². The molecule has 2 heterocycles. The number of aryl methyl sites for hydroxylation is 2.